The molecule has 2 heterocycles. The Morgan fingerprint density at radius 3 is 2.69 bits per heavy atom. The van der Waals surface area contributed by atoms with Crippen LogP contribution in [0.5, 0.6) is 11.5 Å². The van der Waals surface area contributed by atoms with Gasteiger partial charge in [0.1, 0.15) is 0 Å². The number of fused-ring (bicyclic) bond motifs is 1. The Bertz CT molecular complexity index is 1090. The second-order valence-electron chi connectivity index (χ2n) is 6.97. The van der Waals surface area contributed by atoms with Crippen molar-refractivity contribution >= 4 is 22.6 Å². The number of nitrogens with zero attached hydrogens (tertiary/aromatic N) is 3. The van der Waals surface area contributed by atoms with Gasteiger partial charge in [0, 0.05) is 30.4 Å². The number of carbonyl (C=O) groups is 1. The summed E-state index contributed by atoms with van der Waals surface area (Å²) in [6.45, 7) is -1.19. The normalized spacial score (nSPS) is 13.7. The number of amides is 1. The number of benzene rings is 1. The average molecular weight is 402 g/mol. The number of pyridine rings is 1. The number of halogens is 2. The van der Waals surface area contributed by atoms with Gasteiger partial charge in [-0.25, -0.2) is 4.98 Å². The predicted octanol–water partition coefficient (Wildman–Crippen LogP) is 4.02. The number of alkyl halides is 2. The van der Waals surface area contributed by atoms with Crippen LogP contribution in [-0.2, 0) is 7.05 Å². The van der Waals surface area contributed by atoms with Gasteiger partial charge in [-0.1, -0.05) is 0 Å². The highest BCUT2D eigenvalue weighted by molar-refractivity contribution is 6.12. The summed E-state index contributed by atoms with van der Waals surface area (Å²) in [4.78, 5) is 17.8. The molecule has 1 amide bonds. The van der Waals surface area contributed by atoms with Gasteiger partial charge < -0.3 is 14.8 Å². The first-order valence-corrected chi connectivity index (χ1v) is 9.15. The second kappa shape index (κ2) is 7.31. The minimum absolute atomic E-state index is 0.147. The fourth-order valence-electron chi connectivity index (χ4n) is 3.37. The van der Waals surface area contributed by atoms with Crippen molar-refractivity contribution in [2.45, 2.75) is 32.3 Å². The molecule has 1 saturated carbocycles. The van der Waals surface area contributed by atoms with Crippen molar-refractivity contribution in [3.63, 3.8) is 0 Å². The van der Waals surface area contributed by atoms with Crippen LogP contribution >= 0.6 is 0 Å². The number of methoxy groups -OCH3 is 1. The number of carbonyl (C=O) groups excluding carboxylic acids is 1. The Labute approximate surface area is 165 Å². The average Bonchev–Trinajstić information content (AvgIpc) is 3.47. The summed E-state index contributed by atoms with van der Waals surface area (Å²) >= 11 is 0. The summed E-state index contributed by atoms with van der Waals surface area (Å²) in [5, 5.41) is 7.81. The third-order valence-electron chi connectivity index (χ3n) is 4.87. The molecule has 0 unspecified atom stereocenters. The van der Waals surface area contributed by atoms with Crippen molar-refractivity contribution < 1.29 is 23.0 Å². The number of aryl methyl sites for hydroxylation is 2. The zero-order valence-corrected chi connectivity index (χ0v) is 16.2. The molecule has 7 nitrogen and oxygen atoms in total. The predicted molar refractivity (Wildman–Crippen MR) is 103 cm³/mol. The topological polar surface area (TPSA) is 78.3 Å². The number of ether oxygens (including phenoxy) is 2. The fourth-order valence-corrected chi connectivity index (χ4v) is 3.37. The molecule has 152 valence electrons. The molecule has 1 N–H and O–H groups in total. The molecule has 0 radical (unpaired) electrons. The third kappa shape index (κ3) is 3.72. The van der Waals surface area contributed by atoms with E-state index in [2.05, 4.69) is 20.1 Å². The summed E-state index contributed by atoms with van der Waals surface area (Å²) in [6.07, 6.45) is 2.09. The van der Waals surface area contributed by atoms with Gasteiger partial charge in [0.05, 0.1) is 23.8 Å². The van der Waals surface area contributed by atoms with Crippen LogP contribution in [0.25, 0.3) is 11.0 Å². The highest BCUT2D eigenvalue weighted by Gasteiger charge is 2.28. The molecular weight excluding hydrogens is 382 g/mol. The molecule has 0 spiro atoms. The van der Waals surface area contributed by atoms with Crippen molar-refractivity contribution in [3.8, 4) is 11.5 Å². The van der Waals surface area contributed by atoms with Crippen LogP contribution in [0, 0.1) is 6.92 Å². The van der Waals surface area contributed by atoms with Gasteiger partial charge in [-0.05, 0) is 38.0 Å². The third-order valence-corrected chi connectivity index (χ3v) is 4.87. The van der Waals surface area contributed by atoms with Gasteiger partial charge in [-0.2, -0.15) is 13.9 Å². The molecule has 1 aromatic carbocycles. The van der Waals surface area contributed by atoms with Crippen LogP contribution in [0.3, 0.4) is 0 Å². The number of aromatic nitrogens is 3. The molecular formula is C20H20F2N4O3. The molecule has 2 aromatic heterocycles. The van der Waals surface area contributed by atoms with Crippen LogP contribution in [0.4, 0.5) is 14.5 Å². The maximum Gasteiger partial charge on any atom is 0.387 e. The van der Waals surface area contributed by atoms with E-state index >= 15 is 0 Å². The highest BCUT2D eigenvalue weighted by Crippen LogP contribution is 2.40. The molecule has 3 aromatic rings. The van der Waals surface area contributed by atoms with Crippen molar-refractivity contribution in [1.82, 2.24) is 14.8 Å². The lowest BCUT2D eigenvalue weighted by molar-refractivity contribution is -0.0511. The van der Waals surface area contributed by atoms with E-state index in [4.69, 9.17) is 4.74 Å². The minimum Gasteiger partial charge on any atom is -0.493 e. The zero-order chi connectivity index (χ0) is 20.7. The van der Waals surface area contributed by atoms with E-state index in [9.17, 15) is 13.6 Å². The first kappa shape index (κ1) is 19.1. The number of hydrogen-bond donors (Lipinski definition) is 1. The minimum atomic E-state index is -3.01. The van der Waals surface area contributed by atoms with Crippen LogP contribution < -0.4 is 14.8 Å². The SMILES string of the molecule is COc1ccc(NC(=O)c2cc(C3CC3)nc3c2c(C)nn3C)cc1OC(F)F. The van der Waals surface area contributed by atoms with Gasteiger partial charge in [0.25, 0.3) is 5.91 Å². The molecule has 9 heteroatoms. The van der Waals surface area contributed by atoms with E-state index in [1.807, 2.05) is 6.92 Å². The van der Waals surface area contributed by atoms with Crippen LogP contribution in [-0.4, -0.2) is 34.4 Å². The first-order chi connectivity index (χ1) is 13.9. The Morgan fingerprint density at radius 1 is 1.28 bits per heavy atom. The molecule has 29 heavy (non-hydrogen) atoms. The van der Waals surface area contributed by atoms with Gasteiger partial charge in [-0.3, -0.25) is 9.48 Å². The number of nitrogens with one attached hydrogen (secondary N) is 1. The number of rotatable bonds is 6. The lowest BCUT2D eigenvalue weighted by atomic mass is 10.1. The van der Waals surface area contributed by atoms with E-state index in [0.29, 0.717) is 33.9 Å². The smallest absolute Gasteiger partial charge is 0.387 e. The van der Waals surface area contributed by atoms with E-state index in [1.54, 1.807) is 23.9 Å². The summed E-state index contributed by atoms with van der Waals surface area (Å²) in [5.74, 6) is -0.0260. The number of hydrogen-bond acceptors (Lipinski definition) is 5. The quantitative estimate of drug-likeness (QED) is 0.674. The molecule has 1 aliphatic rings. The van der Waals surface area contributed by atoms with Gasteiger partial charge in [-0.15, -0.1) is 0 Å². The highest BCUT2D eigenvalue weighted by atomic mass is 19.3. The standard InChI is InChI=1S/C20H20F2N4O3/c1-10-17-13(9-14(11-4-5-11)24-18(17)26(2)25-10)19(27)23-12-6-7-15(28-3)16(8-12)29-20(21)22/h6-9,11,20H,4-5H2,1-3H3,(H,23,27). The van der Waals surface area contributed by atoms with Crippen LogP contribution in [0.2, 0.25) is 0 Å². The lowest BCUT2D eigenvalue weighted by Gasteiger charge is -2.13. The number of anilines is 1. The molecule has 0 saturated heterocycles. The van der Waals surface area contributed by atoms with Crippen LogP contribution in [0.1, 0.15) is 40.5 Å². The van der Waals surface area contributed by atoms with Crippen LogP contribution in [0.15, 0.2) is 24.3 Å². The molecule has 0 atom stereocenters. The first-order valence-electron chi connectivity index (χ1n) is 9.15. The fraction of sp³-hybridized carbons (Fsp3) is 0.350. The van der Waals surface area contributed by atoms with E-state index in [-0.39, 0.29) is 17.4 Å². The molecule has 1 fully saturated rings. The van der Waals surface area contributed by atoms with Gasteiger partial charge in [0.2, 0.25) is 0 Å². The van der Waals surface area contributed by atoms with E-state index < -0.39 is 6.61 Å². The summed E-state index contributed by atoms with van der Waals surface area (Å²) in [7, 11) is 3.14. The molecule has 0 aliphatic heterocycles. The maximum atomic E-state index is 13.1. The Balaban J connectivity index is 1.71. The largest absolute Gasteiger partial charge is 0.493 e. The molecule has 0 bridgehead atoms. The van der Waals surface area contributed by atoms with Crippen molar-refractivity contribution in [3.05, 3.63) is 41.2 Å². The summed E-state index contributed by atoms with van der Waals surface area (Å²) in [6, 6.07) is 6.12. The van der Waals surface area contributed by atoms with Crippen molar-refractivity contribution in [2.24, 2.45) is 7.05 Å². The molecule has 1 aliphatic carbocycles. The zero-order valence-electron chi connectivity index (χ0n) is 16.2. The maximum absolute atomic E-state index is 13.1. The monoisotopic (exact) mass is 402 g/mol. The van der Waals surface area contributed by atoms with Crippen molar-refractivity contribution in [2.75, 3.05) is 12.4 Å². The lowest BCUT2D eigenvalue weighted by Crippen LogP contribution is -2.14. The van der Waals surface area contributed by atoms with Gasteiger partial charge in [0.15, 0.2) is 17.1 Å². The van der Waals surface area contributed by atoms with Crippen molar-refractivity contribution in [1.29, 1.82) is 0 Å². The Kier molecular flexibility index (Phi) is 4.81. The summed E-state index contributed by atoms with van der Waals surface area (Å²) < 4.78 is 36.5. The van der Waals surface area contributed by atoms with E-state index in [0.717, 1.165) is 18.5 Å². The summed E-state index contributed by atoms with van der Waals surface area (Å²) in [5.41, 5.74) is 2.97. The van der Waals surface area contributed by atoms with Gasteiger partial charge >= 0.3 is 6.61 Å². The van der Waals surface area contributed by atoms with E-state index in [1.165, 1.54) is 19.2 Å². The Morgan fingerprint density at radius 2 is 2.03 bits per heavy atom. The Hall–Kier alpha value is -3.23. The second-order valence-corrected chi connectivity index (χ2v) is 6.97. The molecule has 4 rings (SSSR count).